The summed E-state index contributed by atoms with van der Waals surface area (Å²) in [7, 11) is 0. The standard InChI is InChI=1S/C27H30ClN3O/c1-4-22-27(31-25-19-9-7-6-8-18(19)15-23(25)32-5-2)30-24(17-11-12-17)26(29-22)20-13-10-16(3)14-21(20)28/h6-10,13-14,17,23,25H,4-5,11-12,15H2,1-3H3,(H,30,31). The summed E-state index contributed by atoms with van der Waals surface area (Å²) in [6.45, 7) is 6.95. The van der Waals surface area contributed by atoms with Crippen molar-refractivity contribution >= 4 is 17.4 Å². The zero-order valence-corrected chi connectivity index (χ0v) is 19.7. The first-order valence-corrected chi connectivity index (χ1v) is 12.1. The van der Waals surface area contributed by atoms with Gasteiger partial charge in [0.15, 0.2) is 0 Å². The summed E-state index contributed by atoms with van der Waals surface area (Å²) < 4.78 is 6.13. The molecule has 1 saturated carbocycles. The largest absolute Gasteiger partial charge is 0.376 e. The Morgan fingerprint density at radius 1 is 1.09 bits per heavy atom. The van der Waals surface area contributed by atoms with Gasteiger partial charge < -0.3 is 10.1 Å². The summed E-state index contributed by atoms with van der Waals surface area (Å²) in [5.74, 6) is 1.34. The van der Waals surface area contributed by atoms with Gasteiger partial charge in [-0.25, -0.2) is 9.97 Å². The summed E-state index contributed by atoms with van der Waals surface area (Å²) >= 11 is 6.64. The lowest BCUT2D eigenvalue weighted by atomic mass is 10.0. The van der Waals surface area contributed by atoms with Crippen LogP contribution in [0.2, 0.25) is 5.02 Å². The molecule has 0 radical (unpaired) electrons. The summed E-state index contributed by atoms with van der Waals surface area (Å²) in [6, 6.07) is 14.9. The van der Waals surface area contributed by atoms with E-state index in [1.54, 1.807) is 0 Å². The Hall–Kier alpha value is -2.43. The van der Waals surface area contributed by atoms with E-state index in [-0.39, 0.29) is 12.1 Å². The van der Waals surface area contributed by atoms with Gasteiger partial charge in [0.25, 0.3) is 0 Å². The Kier molecular flexibility index (Phi) is 5.92. The fourth-order valence-corrected chi connectivity index (χ4v) is 5.07. The van der Waals surface area contributed by atoms with E-state index in [4.69, 9.17) is 26.3 Å². The van der Waals surface area contributed by atoms with Crippen LogP contribution in [0, 0.1) is 6.92 Å². The minimum Gasteiger partial charge on any atom is -0.376 e. The van der Waals surface area contributed by atoms with Crippen molar-refractivity contribution in [3.63, 3.8) is 0 Å². The first kappa shape index (κ1) is 21.4. The highest BCUT2D eigenvalue weighted by molar-refractivity contribution is 6.33. The molecule has 2 aliphatic carbocycles. The van der Waals surface area contributed by atoms with Crippen molar-refractivity contribution in [2.75, 3.05) is 11.9 Å². The summed E-state index contributed by atoms with van der Waals surface area (Å²) in [6.07, 6.45) is 4.13. The smallest absolute Gasteiger partial charge is 0.148 e. The second-order valence-corrected chi connectivity index (χ2v) is 9.29. The van der Waals surface area contributed by atoms with Crippen molar-refractivity contribution in [3.05, 3.63) is 75.6 Å². The van der Waals surface area contributed by atoms with E-state index in [1.807, 2.05) is 6.07 Å². The van der Waals surface area contributed by atoms with Crippen molar-refractivity contribution in [1.29, 1.82) is 0 Å². The topological polar surface area (TPSA) is 47.0 Å². The maximum absolute atomic E-state index is 6.64. The number of hydrogen-bond acceptors (Lipinski definition) is 4. The Morgan fingerprint density at radius 3 is 2.62 bits per heavy atom. The van der Waals surface area contributed by atoms with Gasteiger partial charge in [0.1, 0.15) is 5.82 Å². The third-order valence-electron chi connectivity index (χ3n) is 6.53. The van der Waals surface area contributed by atoms with Gasteiger partial charge >= 0.3 is 0 Å². The van der Waals surface area contributed by atoms with Gasteiger partial charge in [-0.1, -0.05) is 54.9 Å². The van der Waals surface area contributed by atoms with Crippen LogP contribution in [0.5, 0.6) is 0 Å². The fourth-order valence-electron chi connectivity index (χ4n) is 4.74. The highest BCUT2D eigenvalue weighted by Gasteiger charge is 2.35. The Morgan fingerprint density at radius 2 is 1.91 bits per heavy atom. The molecule has 5 heteroatoms. The fraction of sp³-hybridized carbons (Fsp3) is 0.407. The predicted octanol–water partition coefficient (Wildman–Crippen LogP) is 6.66. The van der Waals surface area contributed by atoms with E-state index in [0.29, 0.717) is 12.5 Å². The van der Waals surface area contributed by atoms with Gasteiger partial charge in [0.2, 0.25) is 0 Å². The molecule has 2 aromatic carbocycles. The molecule has 3 aromatic rings. The number of anilines is 1. The van der Waals surface area contributed by atoms with Gasteiger partial charge in [-0.2, -0.15) is 0 Å². The maximum Gasteiger partial charge on any atom is 0.148 e. The molecule has 2 aliphatic rings. The van der Waals surface area contributed by atoms with Crippen molar-refractivity contribution < 1.29 is 4.74 Å². The number of aromatic nitrogens is 2. The van der Waals surface area contributed by atoms with Crippen LogP contribution in [0.15, 0.2) is 42.5 Å². The summed E-state index contributed by atoms with van der Waals surface area (Å²) in [5.41, 5.74) is 7.75. The van der Waals surface area contributed by atoms with Crippen LogP contribution in [0.4, 0.5) is 5.82 Å². The Labute approximate surface area is 195 Å². The molecular weight excluding hydrogens is 418 g/mol. The lowest BCUT2D eigenvalue weighted by Gasteiger charge is -2.24. The summed E-state index contributed by atoms with van der Waals surface area (Å²) in [5, 5.41) is 4.49. The predicted molar refractivity (Wildman–Crippen MR) is 130 cm³/mol. The number of hydrogen-bond donors (Lipinski definition) is 1. The SMILES string of the molecule is CCOC1Cc2ccccc2C1Nc1nc(C2CC2)c(-c2ccc(C)cc2Cl)nc1CC. The van der Waals surface area contributed by atoms with Crippen molar-refractivity contribution in [3.8, 4) is 11.3 Å². The number of nitrogens with one attached hydrogen (secondary N) is 1. The number of aryl methyl sites for hydroxylation is 2. The van der Waals surface area contributed by atoms with Gasteiger partial charge in [-0.15, -0.1) is 0 Å². The van der Waals surface area contributed by atoms with Crippen molar-refractivity contribution in [2.24, 2.45) is 0 Å². The number of benzene rings is 2. The van der Waals surface area contributed by atoms with Gasteiger partial charge in [0, 0.05) is 24.5 Å². The van der Waals surface area contributed by atoms with Crippen LogP contribution in [-0.2, 0) is 17.6 Å². The summed E-state index contributed by atoms with van der Waals surface area (Å²) in [4.78, 5) is 10.3. The number of ether oxygens (including phenoxy) is 1. The average molecular weight is 448 g/mol. The molecule has 0 saturated heterocycles. The Bertz CT molecular complexity index is 1140. The molecule has 1 aromatic heterocycles. The lowest BCUT2D eigenvalue weighted by molar-refractivity contribution is 0.0573. The molecule has 1 N–H and O–H groups in total. The first-order valence-electron chi connectivity index (χ1n) is 11.7. The zero-order valence-electron chi connectivity index (χ0n) is 19.0. The highest BCUT2D eigenvalue weighted by atomic mass is 35.5. The molecule has 4 nitrogen and oxygen atoms in total. The number of fused-ring (bicyclic) bond motifs is 1. The monoisotopic (exact) mass is 447 g/mol. The van der Waals surface area contributed by atoms with Crippen LogP contribution in [0.1, 0.15) is 66.7 Å². The first-order chi connectivity index (χ1) is 15.6. The van der Waals surface area contributed by atoms with Gasteiger partial charge in [-0.3, -0.25) is 0 Å². The molecule has 32 heavy (non-hydrogen) atoms. The van der Waals surface area contributed by atoms with Crippen LogP contribution < -0.4 is 5.32 Å². The van der Waals surface area contributed by atoms with E-state index in [2.05, 4.69) is 62.5 Å². The van der Waals surface area contributed by atoms with E-state index < -0.39 is 0 Å². The Balaban J connectivity index is 1.57. The molecule has 2 unspecified atom stereocenters. The van der Waals surface area contributed by atoms with Crippen LogP contribution >= 0.6 is 11.6 Å². The highest BCUT2D eigenvalue weighted by Crippen LogP contribution is 2.45. The lowest BCUT2D eigenvalue weighted by Crippen LogP contribution is -2.26. The van der Waals surface area contributed by atoms with Crippen LogP contribution in [0.3, 0.4) is 0 Å². The number of nitrogens with zero attached hydrogens (tertiary/aromatic N) is 2. The number of halogens is 1. The van der Waals surface area contributed by atoms with Gasteiger partial charge in [-0.05, 0) is 55.9 Å². The zero-order chi connectivity index (χ0) is 22.2. The van der Waals surface area contributed by atoms with E-state index in [1.165, 1.54) is 11.1 Å². The molecular formula is C27H30ClN3O. The molecule has 1 heterocycles. The second-order valence-electron chi connectivity index (χ2n) is 8.88. The second kappa shape index (κ2) is 8.84. The quantitative estimate of drug-likeness (QED) is 0.440. The number of rotatable bonds is 7. The minimum atomic E-state index is 0.0756. The van der Waals surface area contributed by atoms with Crippen molar-refractivity contribution in [1.82, 2.24) is 9.97 Å². The molecule has 0 bridgehead atoms. The molecule has 0 spiro atoms. The average Bonchev–Trinajstić information content (AvgIpc) is 3.58. The molecule has 1 fully saturated rings. The molecule has 5 rings (SSSR count). The van der Waals surface area contributed by atoms with E-state index in [9.17, 15) is 0 Å². The third-order valence-corrected chi connectivity index (χ3v) is 6.84. The minimum absolute atomic E-state index is 0.0756. The van der Waals surface area contributed by atoms with Crippen molar-refractivity contribution in [2.45, 2.75) is 64.5 Å². The third kappa shape index (κ3) is 4.02. The molecule has 0 amide bonds. The normalized spacial score (nSPS) is 19.8. The van der Waals surface area contributed by atoms with E-state index in [0.717, 1.165) is 64.7 Å². The maximum atomic E-state index is 6.64. The molecule has 166 valence electrons. The van der Waals surface area contributed by atoms with E-state index >= 15 is 0 Å². The van der Waals surface area contributed by atoms with Crippen LogP contribution in [-0.4, -0.2) is 22.7 Å². The van der Waals surface area contributed by atoms with Gasteiger partial charge in [0.05, 0.1) is 34.3 Å². The molecule has 0 aliphatic heterocycles. The molecule has 2 atom stereocenters. The van der Waals surface area contributed by atoms with Crippen LogP contribution in [0.25, 0.3) is 11.3 Å².